The van der Waals surface area contributed by atoms with Crippen LogP contribution in [0.25, 0.3) is 0 Å². The standard InChI is InChI=1S/C10H12ClNO2/c11-5-6-12-9(13)7-3-1-2-4-8(7)10(12)14/h1-6H2. The van der Waals surface area contributed by atoms with Crippen LogP contribution in [0.3, 0.4) is 0 Å². The Bertz CT molecular complexity index is 294. The van der Waals surface area contributed by atoms with Crippen LogP contribution < -0.4 is 0 Å². The van der Waals surface area contributed by atoms with Crippen molar-refractivity contribution >= 4 is 23.4 Å². The number of nitrogens with zero attached hydrogens (tertiary/aromatic N) is 1. The molecule has 2 amide bonds. The van der Waals surface area contributed by atoms with E-state index in [-0.39, 0.29) is 11.8 Å². The maximum Gasteiger partial charge on any atom is 0.257 e. The summed E-state index contributed by atoms with van der Waals surface area (Å²) in [5, 5.41) is 0. The molecule has 1 heterocycles. The molecule has 0 aromatic carbocycles. The normalized spacial score (nSPS) is 21.9. The van der Waals surface area contributed by atoms with E-state index in [0.717, 1.165) is 36.8 Å². The number of hydrogen-bond donors (Lipinski definition) is 0. The second kappa shape index (κ2) is 3.73. The van der Waals surface area contributed by atoms with E-state index in [1.165, 1.54) is 4.90 Å². The molecule has 0 bridgehead atoms. The molecule has 0 aromatic rings. The van der Waals surface area contributed by atoms with Crippen LogP contribution in [-0.2, 0) is 9.59 Å². The molecule has 14 heavy (non-hydrogen) atoms. The SMILES string of the molecule is O=C1C2=C(CCCC2)C(=O)N1CCCl. The number of halogens is 1. The molecular formula is C10H12ClNO2. The van der Waals surface area contributed by atoms with Gasteiger partial charge in [-0.25, -0.2) is 0 Å². The Kier molecular flexibility index (Phi) is 2.59. The van der Waals surface area contributed by atoms with Gasteiger partial charge in [-0.15, -0.1) is 11.6 Å². The third kappa shape index (κ3) is 1.36. The summed E-state index contributed by atoms with van der Waals surface area (Å²) in [5.41, 5.74) is 1.48. The number of rotatable bonds is 2. The molecule has 1 aliphatic heterocycles. The summed E-state index contributed by atoms with van der Waals surface area (Å²) in [4.78, 5) is 24.7. The smallest absolute Gasteiger partial charge is 0.257 e. The van der Waals surface area contributed by atoms with E-state index in [2.05, 4.69) is 0 Å². The van der Waals surface area contributed by atoms with E-state index < -0.39 is 0 Å². The average molecular weight is 214 g/mol. The van der Waals surface area contributed by atoms with E-state index in [0.29, 0.717) is 12.4 Å². The van der Waals surface area contributed by atoms with E-state index in [1.807, 2.05) is 0 Å². The quantitative estimate of drug-likeness (QED) is 0.515. The molecule has 0 spiro atoms. The van der Waals surface area contributed by atoms with Gasteiger partial charge in [0.1, 0.15) is 0 Å². The van der Waals surface area contributed by atoms with Crippen molar-refractivity contribution < 1.29 is 9.59 Å². The summed E-state index contributed by atoms with van der Waals surface area (Å²) in [6.07, 6.45) is 3.57. The number of imide groups is 1. The van der Waals surface area contributed by atoms with Crippen LogP contribution in [0.1, 0.15) is 25.7 Å². The highest BCUT2D eigenvalue weighted by atomic mass is 35.5. The molecule has 0 saturated heterocycles. The van der Waals surface area contributed by atoms with Crippen LogP contribution in [-0.4, -0.2) is 29.1 Å². The summed E-state index contributed by atoms with van der Waals surface area (Å²) in [5.74, 6) is 0.105. The molecule has 0 aromatic heterocycles. The summed E-state index contributed by atoms with van der Waals surface area (Å²) < 4.78 is 0. The highest BCUT2D eigenvalue weighted by Crippen LogP contribution is 2.32. The van der Waals surface area contributed by atoms with Gasteiger partial charge in [0.15, 0.2) is 0 Å². The van der Waals surface area contributed by atoms with E-state index in [4.69, 9.17) is 11.6 Å². The van der Waals surface area contributed by atoms with E-state index in [1.54, 1.807) is 0 Å². The number of carbonyl (C=O) groups excluding carboxylic acids is 2. The second-order valence-electron chi connectivity index (χ2n) is 3.62. The fourth-order valence-electron chi connectivity index (χ4n) is 2.08. The van der Waals surface area contributed by atoms with Gasteiger partial charge in [0, 0.05) is 23.6 Å². The number of hydrogen-bond acceptors (Lipinski definition) is 2. The Labute approximate surface area is 87.7 Å². The maximum atomic E-state index is 11.7. The molecule has 1 aliphatic carbocycles. The minimum atomic E-state index is -0.106. The lowest BCUT2D eigenvalue weighted by Crippen LogP contribution is -2.33. The van der Waals surface area contributed by atoms with Gasteiger partial charge in [-0.05, 0) is 25.7 Å². The topological polar surface area (TPSA) is 37.4 Å². The third-order valence-corrected chi connectivity index (χ3v) is 2.95. The minimum absolute atomic E-state index is 0.106. The summed E-state index contributed by atoms with van der Waals surface area (Å²) >= 11 is 5.54. The Balaban J connectivity index is 2.25. The Morgan fingerprint density at radius 3 is 2.00 bits per heavy atom. The molecule has 3 nitrogen and oxygen atoms in total. The van der Waals surface area contributed by atoms with Crippen LogP contribution in [0.2, 0.25) is 0 Å². The van der Waals surface area contributed by atoms with Crippen molar-refractivity contribution in [3.63, 3.8) is 0 Å². The van der Waals surface area contributed by atoms with Crippen LogP contribution in [0.5, 0.6) is 0 Å². The molecule has 2 aliphatic rings. The highest BCUT2D eigenvalue weighted by Gasteiger charge is 2.37. The minimum Gasteiger partial charge on any atom is -0.274 e. The van der Waals surface area contributed by atoms with Gasteiger partial charge in [-0.1, -0.05) is 0 Å². The zero-order valence-corrected chi connectivity index (χ0v) is 8.64. The zero-order chi connectivity index (χ0) is 10.1. The van der Waals surface area contributed by atoms with Gasteiger partial charge >= 0.3 is 0 Å². The van der Waals surface area contributed by atoms with Gasteiger partial charge < -0.3 is 0 Å². The first kappa shape index (κ1) is 9.71. The average Bonchev–Trinajstić information content (AvgIpc) is 2.45. The Morgan fingerprint density at radius 2 is 1.57 bits per heavy atom. The van der Waals surface area contributed by atoms with Crippen molar-refractivity contribution in [3.8, 4) is 0 Å². The lowest BCUT2D eigenvalue weighted by Gasteiger charge is -2.12. The summed E-state index contributed by atoms with van der Waals surface area (Å²) in [7, 11) is 0. The van der Waals surface area contributed by atoms with Crippen molar-refractivity contribution in [2.45, 2.75) is 25.7 Å². The van der Waals surface area contributed by atoms with Crippen LogP contribution in [0.15, 0.2) is 11.1 Å². The zero-order valence-electron chi connectivity index (χ0n) is 7.88. The predicted molar refractivity (Wildman–Crippen MR) is 52.9 cm³/mol. The Hall–Kier alpha value is -0.830. The Morgan fingerprint density at radius 1 is 1.07 bits per heavy atom. The molecule has 4 heteroatoms. The third-order valence-electron chi connectivity index (χ3n) is 2.78. The number of carbonyl (C=O) groups is 2. The van der Waals surface area contributed by atoms with Crippen LogP contribution in [0, 0.1) is 0 Å². The number of alkyl halides is 1. The largest absolute Gasteiger partial charge is 0.274 e. The summed E-state index contributed by atoms with van der Waals surface area (Å²) in [6, 6.07) is 0. The van der Waals surface area contributed by atoms with Crippen molar-refractivity contribution in [2.24, 2.45) is 0 Å². The van der Waals surface area contributed by atoms with Crippen LogP contribution >= 0.6 is 11.6 Å². The fraction of sp³-hybridized carbons (Fsp3) is 0.600. The second-order valence-corrected chi connectivity index (χ2v) is 3.99. The molecule has 0 atom stereocenters. The maximum absolute atomic E-state index is 11.7. The lowest BCUT2D eigenvalue weighted by atomic mass is 9.93. The molecule has 2 rings (SSSR count). The van der Waals surface area contributed by atoms with Crippen molar-refractivity contribution in [1.82, 2.24) is 4.90 Å². The van der Waals surface area contributed by atoms with Gasteiger partial charge in [-0.2, -0.15) is 0 Å². The molecule has 76 valence electrons. The molecule has 0 unspecified atom stereocenters. The first-order valence-electron chi connectivity index (χ1n) is 4.90. The van der Waals surface area contributed by atoms with Crippen molar-refractivity contribution in [3.05, 3.63) is 11.1 Å². The molecule has 0 saturated carbocycles. The monoisotopic (exact) mass is 213 g/mol. The van der Waals surface area contributed by atoms with Gasteiger partial charge in [0.05, 0.1) is 0 Å². The lowest BCUT2D eigenvalue weighted by molar-refractivity contribution is -0.137. The van der Waals surface area contributed by atoms with Gasteiger partial charge in [0.2, 0.25) is 0 Å². The number of amides is 2. The molecular weight excluding hydrogens is 202 g/mol. The summed E-state index contributed by atoms with van der Waals surface area (Å²) in [6.45, 7) is 0.340. The highest BCUT2D eigenvalue weighted by molar-refractivity contribution is 6.21. The van der Waals surface area contributed by atoms with E-state index in [9.17, 15) is 9.59 Å². The van der Waals surface area contributed by atoms with Crippen LogP contribution in [0.4, 0.5) is 0 Å². The predicted octanol–water partition coefficient (Wildman–Crippen LogP) is 1.46. The molecule has 0 N–H and O–H groups in total. The fourth-order valence-corrected chi connectivity index (χ4v) is 2.25. The van der Waals surface area contributed by atoms with E-state index >= 15 is 0 Å². The van der Waals surface area contributed by atoms with Gasteiger partial charge in [0.25, 0.3) is 11.8 Å². The first-order chi connectivity index (χ1) is 6.75. The van der Waals surface area contributed by atoms with Gasteiger partial charge in [-0.3, -0.25) is 14.5 Å². The molecule has 0 fully saturated rings. The van der Waals surface area contributed by atoms with Crippen molar-refractivity contribution in [1.29, 1.82) is 0 Å². The first-order valence-corrected chi connectivity index (χ1v) is 5.43. The van der Waals surface area contributed by atoms with Crippen molar-refractivity contribution in [2.75, 3.05) is 12.4 Å². The molecule has 0 radical (unpaired) electrons.